The van der Waals surface area contributed by atoms with Crippen molar-refractivity contribution >= 4 is 35.1 Å². The van der Waals surface area contributed by atoms with Crippen LogP contribution < -0.4 is 15.4 Å². The number of unbranched alkanes of at least 4 members (excludes halogenated alkanes) is 14. The van der Waals surface area contributed by atoms with Gasteiger partial charge in [-0.25, -0.2) is 0 Å². The van der Waals surface area contributed by atoms with E-state index < -0.39 is 17.8 Å². The number of esters is 2. The molecule has 0 radical (unpaired) electrons. The van der Waals surface area contributed by atoms with Crippen LogP contribution in [0.2, 0.25) is 0 Å². The van der Waals surface area contributed by atoms with Gasteiger partial charge >= 0.3 is 11.9 Å². The van der Waals surface area contributed by atoms with Gasteiger partial charge in [0.25, 0.3) is 0 Å². The van der Waals surface area contributed by atoms with Crippen LogP contribution in [-0.2, 0) is 35.1 Å². The first-order valence-corrected chi connectivity index (χ1v) is 19.6. The standard InChI is InChI=1S/C42H64N2O7/c1-4-7-8-9-10-11-12-13-14-15-16-17-22-27-39(45)44-37-33-35(29-30-38(37)51-31-24-19-23-28-40(46)49-5-2)43-41(47)36(42(48)50-6-3)32-34-25-20-18-21-26-34/h18,20-21,25-26,29-30,33,36H,4-17,19,22-24,27-28,31-32H2,1-3H3,(H,43,47)(H,44,45). The molecule has 2 aromatic rings. The van der Waals surface area contributed by atoms with Crippen LogP contribution in [-0.4, -0.2) is 43.6 Å². The summed E-state index contributed by atoms with van der Waals surface area (Å²) in [4.78, 5) is 50.9. The van der Waals surface area contributed by atoms with Crippen LogP contribution in [0.25, 0.3) is 0 Å². The van der Waals surface area contributed by atoms with Gasteiger partial charge in [0.05, 0.1) is 25.5 Å². The Morgan fingerprint density at radius 3 is 1.84 bits per heavy atom. The molecule has 284 valence electrons. The van der Waals surface area contributed by atoms with Crippen molar-refractivity contribution in [2.24, 2.45) is 5.92 Å². The average Bonchev–Trinajstić information content (AvgIpc) is 3.12. The first-order chi connectivity index (χ1) is 24.9. The van der Waals surface area contributed by atoms with Crippen molar-refractivity contribution in [2.45, 2.75) is 143 Å². The maximum Gasteiger partial charge on any atom is 0.318 e. The fourth-order valence-electron chi connectivity index (χ4n) is 5.92. The molecule has 0 aliphatic rings. The van der Waals surface area contributed by atoms with Crippen molar-refractivity contribution in [1.82, 2.24) is 0 Å². The summed E-state index contributed by atoms with van der Waals surface area (Å²) >= 11 is 0. The molecule has 0 fully saturated rings. The van der Waals surface area contributed by atoms with E-state index in [4.69, 9.17) is 14.2 Å². The molecule has 0 heterocycles. The number of nitrogens with one attached hydrogen (secondary N) is 2. The van der Waals surface area contributed by atoms with E-state index in [1.165, 1.54) is 64.2 Å². The van der Waals surface area contributed by atoms with E-state index in [2.05, 4.69) is 17.6 Å². The Labute approximate surface area is 307 Å². The maximum absolute atomic E-state index is 13.4. The minimum Gasteiger partial charge on any atom is -0.491 e. The number of ether oxygens (including phenoxy) is 3. The minimum absolute atomic E-state index is 0.116. The fourth-order valence-corrected chi connectivity index (χ4v) is 5.92. The molecular weight excluding hydrogens is 644 g/mol. The summed E-state index contributed by atoms with van der Waals surface area (Å²) in [5.41, 5.74) is 1.73. The number of carbonyl (C=O) groups excluding carboxylic acids is 4. The molecule has 1 unspecified atom stereocenters. The highest BCUT2D eigenvalue weighted by atomic mass is 16.5. The second-order valence-electron chi connectivity index (χ2n) is 13.2. The normalized spacial score (nSPS) is 11.4. The summed E-state index contributed by atoms with van der Waals surface area (Å²) in [6.45, 7) is 6.70. The summed E-state index contributed by atoms with van der Waals surface area (Å²) in [5, 5.41) is 5.85. The molecule has 1 atom stereocenters. The lowest BCUT2D eigenvalue weighted by Crippen LogP contribution is -2.33. The molecule has 9 heteroatoms. The van der Waals surface area contributed by atoms with E-state index in [0.29, 0.717) is 49.6 Å². The van der Waals surface area contributed by atoms with Crippen LogP contribution in [0, 0.1) is 5.92 Å². The lowest BCUT2D eigenvalue weighted by molar-refractivity contribution is -0.151. The zero-order valence-corrected chi connectivity index (χ0v) is 31.6. The topological polar surface area (TPSA) is 120 Å². The predicted octanol–water partition coefficient (Wildman–Crippen LogP) is 9.97. The van der Waals surface area contributed by atoms with Gasteiger partial charge in [-0.3, -0.25) is 19.2 Å². The van der Waals surface area contributed by atoms with Crippen molar-refractivity contribution < 1.29 is 33.4 Å². The van der Waals surface area contributed by atoms with Crippen molar-refractivity contribution in [3.05, 3.63) is 54.1 Å². The monoisotopic (exact) mass is 708 g/mol. The van der Waals surface area contributed by atoms with Crippen LogP contribution in [0.15, 0.2) is 48.5 Å². The first kappa shape index (κ1) is 43.3. The Morgan fingerprint density at radius 2 is 1.22 bits per heavy atom. The molecule has 0 aromatic heterocycles. The molecule has 0 saturated heterocycles. The van der Waals surface area contributed by atoms with Crippen LogP contribution in [0.4, 0.5) is 11.4 Å². The summed E-state index contributed by atoms with van der Waals surface area (Å²) in [6.07, 6.45) is 19.3. The van der Waals surface area contributed by atoms with Gasteiger partial charge in [0.2, 0.25) is 11.8 Å². The fraction of sp³-hybridized carbons (Fsp3) is 0.619. The number of amides is 2. The van der Waals surface area contributed by atoms with E-state index in [1.807, 2.05) is 30.3 Å². The van der Waals surface area contributed by atoms with Crippen LogP contribution in [0.3, 0.4) is 0 Å². The van der Waals surface area contributed by atoms with E-state index in [1.54, 1.807) is 32.0 Å². The molecule has 2 rings (SSSR count). The Balaban J connectivity index is 1.94. The molecule has 0 saturated carbocycles. The van der Waals surface area contributed by atoms with Crippen molar-refractivity contribution in [3.63, 3.8) is 0 Å². The summed E-state index contributed by atoms with van der Waals surface area (Å²) in [7, 11) is 0. The van der Waals surface area contributed by atoms with Gasteiger partial charge in [0.15, 0.2) is 0 Å². The third-order valence-electron chi connectivity index (χ3n) is 8.79. The van der Waals surface area contributed by atoms with E-state index in [0.717, 1.165) is 37.7 Å². The maximum atomic E-state index is 13.4. The molecular formula is C42H64N2O7. The molecule has 51 heavy (non-hydrogen) atoms. The SMILES string of the molecule is CCCCCCCCCCCCCCCC(=O)Nc1cc(NC(=O)C(Cc2ccccc2)C(=O)OCC)ccc1OCCCCCC(=O)OCC. The van der Waals surface area contributed by atoms with Crippen LogP contribution in [0.1, 0.15) is 142 Å². The Hall–Kier alpha value is -3.88. The highest BCUT2D eigenvalue weighted by Crippen LogP contribution is 2.30. The highest BCUT2D eigenvalue weighted by Gasteiger charge is 2.28. The number of carbonyl (C=O) groups is 4. The average molecular weight is 709 g/mol. The van der Waals surface area contributed by atoms with E-state index in [9.17, 15) is 19.2 Å². The molecule has 0 aliphatic heterocycles. The van der Waals surface area contributed by atoms with E-state index >= 15 is 0 Å². The smallest absolute Gasteiger partial charge is 0.318 e. The number of hydrogen-bond donors (Lipinski definition) is 2. The molecule has 0 bridgehead atoms. The quantitative estimate of drug-likeness (QED) is 0.0490. The number of anilines is 2. The zero-order valence-electron chi connectivity index (χ0n) is 31.6. The summed E-state index contributed by atoms with van der Waals surface area (Å²) in [6, 6.07) is 14.4. The van der Waals surface area contributed by atoms with Gasteiger partial charge in [-0.05, 0) is 69.7 Å². The van der Waals surface area contributed by atoms with Gasteiger partial charge in [-0.15, -0.1) is 0 Å². The number of rotatable bonds is 29. The van der Waals surface area contributed by atoms with Gasteiger partial charge < -0.3 is 24.8 Å². The molecule has 0 aliphatic carbocycles. The summed E-state index contributed by atoms with van der Waals surface area (Å²) < 4.78 is 16.3. The molecule has 2 aromatic carbocycles. The van der Waals surface area contributed by atoms with Crippen LogP contribution in [0.5, 0.6) is 5.75 Å². The predicted molar refractivity (Wildman–Crippen MR) is 205 cm³/mol. The number of benzene rings is 2. The largest absolute Gasteiger partial charge is 0.491 e. The molecule has 2 N–H and O–H groups in total. The highest BCUT2D eigenvalue weighted by molar-refractivity contribution is 6.05. The lowest BCUT2D eigenvalue weighted by atomic mass is 9.98. The summed E-state index contributed by atoms with van der Waals surface area (Å²) in [5.74, 6) is -1.94. The molecule has 2 amide bonds. The van der Waals surface area contributed by atoms with Gasteiger partial charge in [0.1, 0.15) is 11.7 Å². The number of hydrogen-bond acceptors (Lipinski definition) is 7. The second kappa shape index (κ2) is 27.8. The molecule has 0 spiro atoms. The van der Waals surface area contributed by atoms with Gasteiger partial charge in [0, 0.05) is 18.5 Å². The first-order valence-electron chi connectivity index (χ1n) is 19.6. The van der Waals surface area contributed by atoms with Gasteiger partial charge in [-0.2, -0.15) is 0 Å². The third-order valence-corrected chi connectivity index (χ3v) is 8.79. The minimum atomic E-state index is -1.04. The second-order valence-corrected chi connectivity index (χ2v) is 13.2. The van der Waals surface area contributed by atoms with Crippen molar-refractivity contribution in [1.29, 1.82) is 0 Å². The third kappa shape index (κ3) is 19.9. The Bertz CT molecular complexity index is 1270. The van der Waals surface area contributed by atoms with E-state index in [-0.39, 0.29) is 24.9 Å². The molecule has 9 nitrogen and oxygen atoms in total. The van der Waals surface area contributed by atoms with Crippen LogP contribution >= 0.6 is 0 Å². The van der Waals surface area contributed by atoms with Crippen molar-refractivity contribution in [3.8, 4) is 5.75 Å². The lowest BCUT2D eigenvalue weighted by Gasteiger charge is -2.18. The zero-order chi connectivity index (χ0) is 36.9. The Morgan fingerprint density at radius 1 is 0.627 bits per heavy atom. The van der Waals surface area contributed by atoms with Crippen molar-refractivity contribution in [2.75, 3.05) is 30.5 Å². The Kier molecular flexibility index (Phi) is 23.6. The van der Waals surface area contributed by atoms with Gasteiger partial charge in [-0.1, -0.05) is 114 Å².